The Morgan fingerprint density at radius 1 is 1.23 bits per heavy atom. The second-order valence-electron chi connectivity index (χ2n) is 4.66. The fraction of sp³-hybridized carbons (Fsp3) is 0.133. The first kappa shape index (κ1) is 13.1. The van der Waals surface area contributed by atoms with Gasteiger partial charge in [0.05, 0.1) is 19.1 Å². The van der Waals surface area contributed by atoms with Crippen molar-refractivity contribution in [1.82, 2.24) is 14.9 Å². The van der Waals surface area contributed by atoms with Crippen LogP contribution in [0.15, 0.2) is 57.3 Å². The average Bonchev–Trinajstić information content (AvgIpc) is 3.23. The van der Waals surface area contributed by atoms with Gasteiger partial charge < -0.3 is 9.15 Å². The van der Waals surface area contributed by atoms with Gasteiger partial charge in [0.15, 0.2) is 5.76 Å². The van der Waals surface area contributed by atoms with Crippen molar-refractivity contribution in [3.63, 3.8) is 0 Å². The number of nitrogens with zero attached hydrogens (tertiary/aromatic N) is 4. The van der Waals surface area contributed by atoms with Crippen LogP contribution in [0.5, 0.6) is 5.75 Å². The first-order valence-corrected chi connectivity index (χ1v) is 7.68. The van der Waals surface area contributed by atoms with E-state index in [0.29, 0.717) is 11.6 Å². The molecule has 0 aliphatic carbocycles. The Labute approximate surface area is 130 Å². The molecule has 110 valence electrons. The van der Waals surface area contributed by atoms with E-state index in [1.807, 2.05) is 36.4 Å². The third-order valence-corrected chi connectivity index (χ3v) is 4.25. The van der Waals surface area contributed by atoms with Crippen molar-refractivity contribution in [3.8, 4) is 17.3 Å². The van der Waals surface area contributed by atoms with Crippen LogP contribution in [0.3, 0.4) is 0 Å². The van der Waals surface area contributed by atoms with Gasteiger partial charge >= 0.3 is 0 Å². The second kappa shape index (κ2) is 5.34. The van der Waals surface area contributed by atoms with Crippen LogP contribution in [0.2, 0.25) is 0 Å². The molecule has 1 aliphatic heterocycles. The van der Waals surface area contributed by atoms with Crippen LogP contribution in [0.25, 0.3) is 11.6 Å². The average molecular weight is 312 g/mol. The molecule has 4 rings (SSSR count). The Morgan fingerprint density at radius 3 is 3.00 bits per heavy atom. The van der Waals surface area contributed by atoms with E-state index in [1.54, 1.807) is 29.8 Å². The molecule has 0 amide bonds. The van der Waals surface area contributed by atoms with Crippen molar-refractivity contribution < 1.29 is 9.15 Å². The number of hydrogen-bond donors (Lipinski definition) is 0. The minimum atomic E-state index is 0.604. The molecular formula is C15H12N4O2S. The predicted molar refractivity (Wildman–Crippen MR) is 83.4 cm³/mol. The van der Waals surface area contributed by atoms with Crippen LogP contribution >= 0.6 is 11.8 Å². The Morgan fingerprint density at radius 2 is 2.18 bits per heavy atom. The van der Waals surface area contributed by atoms with E-state index in [-0.39, 0.29) is 0 Å². The lowest BCUT2D eigenvalue weighted by Crippen LogP contribution is -2.13. The fourth-order valence-corrected chi connectivity index (χ4v) is 3.07. The van der Waals surface area contributed by atoms with Crippen LogP contribution < -0.4 is 4.74 Å². The van der Waals surface area contributed by atoms with Gasteiger partial charge in [-0.25, -0.2) is 0 Å². The van der Waals surface area contributed by atoms with Crippen LogP contribution in [-0.4, -0.2) is 33.4 Å². The van der Waals surface area contributed by atoms with Gasteiger partial charge in [-0.1, -0.05) is 23.9 Å². The van der Waals surface area contributed by atoms with E-state index >= 15 is 0 Å². The molecular weight excluding hydrogens is 300 g/mol. The zero-order valence-corrected chi connectivity index (χ0v) is 12.6. The number of rotatable bonds is 3. The maximum absolute atomic E-state index is 5.40. The number of thioether (sulfide) groups is 1. The molecule has 0 radical (unpaired) electrons. The van der Waals surface area contributed by atoms with E-state index in [1.165, 1.54) is 0 Å². The molecule has 0 saturated carbocycles. The molecule has 0 bridgehead atoms. The van der Waals surface area contributed by atoms with E-state index in [4.69, 9.17) is 9.15 Å². The molecule has 0 N–H and O–H groups in total. The molecule has 3 heterocycles. The van der Waals surface area contributed by atoms with Gasteiger partial charge in [0.25, 0.3) is 0 Å². The monoisotopic (exact) mass is 312 g/mol. The van der Waals surface area contributed by atoms with E-state index in [0.717, 1.165) is 27.9 Å². The standard InChI is InChI=1S/C15H12N4O2S/c1-20-11-5-2-4-10(8-11)12-9-22-15-17-16-14(19(15)18-12)13-6-3-7-21-13/h2-8H,9H2,1H3. The zero-order valence-electron chi connectivity index (χ0n) is 11.8. The summed E-state index contributed by atoms with van der Waals surface area (Å²) in [5, 5.41) is 13.8. The van der Waals surface area contributed by atoms with E-state index in [9.17, 15) is 0 Å². The van der Waals surface area contributed by atoms with Gasteiger partial charge in [-0.05, 0) is 24.3 Å². The van der Waals surface area contributed by atoms with Crippen molar-refractivity contribution >= 4 is 17.5 Å². The first-order chi connectivity index (χ1) is 10.8. The minimum Gasteiger partial charge on any atom is -0.497 e. The van der Waals surface area contributed by atoms with Crippen LogP contribution in [0.1, 0.15) is 5.56 Å². The summed E-state index contributed by atoms with van der Waals surface area (Å²) in [5.41, 5.74) is 1.97. The summed E-state index contributed by atoms with van der Waals surface area (Å²) in [4.78, 5) is 0. The molecule has 6 nitrogen and oxygen atoms in total. The summed E-state index contributed by atoms with van der Waals surface area (Å²) in [6.07, 6.45) is 1.61. The number of hydrogen-bond acceptors (Lipinski definition) is 6. The van der Waals surface area contributed by atoms with Gasteiger partial charge in [0.1, 0.15) is 5.75 Å². The largest absolute Gasteiger partial charge is 0.497 e. The number of ether oxygens (including phenoxy) is 1. The Balaban J connectivity index is 1.78. The van der Waals surface area contributed by atoms with Crippen molar-refractivity contribution in [3.05, 3.63) is 48.2 Å². The summed E-state index contributed by atoms with van der Waals surface area (Å²) in [6, 6.07) is 11.5. The third kappa shape index (κ3) is 2.19. The molecule has 0 unspecified atom stereocenters. The highest BCUT2D eigenvalue weighted by Crippen LogP contribution is 2.29. The molecule has 7 heteroatoms. The van der Waals surface area contributed by atoms with Crippen LogP contribution in [0, 0.1) is 0 Å². The lowest BCUT2D eigenvalue weighted by molar-refractivity contribution is 0.414. The minimum absolute atomic E-state index is 0.604. The smallest absolute Gasteiger partial charge is 0.221 e. The number of aromatic nitrogens is 3. The van der Waals surface area contributed by atoms with Crippen LogP contribution in [0.4, 0.5) is 0 Å². The number of benzene rings is 1. The lowest BCUT2D eigenvalue weighted by atomic mass is 10.1. The fourth-order valence-electron chi connectivity index (χ4n) is 2.23. The van der Waals surface area contributed by atoms with Gasteiger partial charge in [0.2, 0.25) is 11.0 Å². The number of methoxy groups -OCH3 is 1. The van der Waals surface area contributed by atoms with Crippen molar-refractivity contribution in [1.29, 1.82) is 0 Å². The molecule has 1 aromatic carbocycles. The second-order valence-corrected chi connectivity index (χ2v) is 5.61. The quantitative estimate of drug-likeness (QED) is 0.744. The molecule has 3 aromatic rings. The van der Waals surface area contributed by atoms with Gasteiger partial charge in [-0.3, -0.25) is 0 Å². The topological polar surface area (TPSA) is 65.4 Å². The Bertz CT molecular complexity index is 839. The van der Waals surface area contributed by atoms with Crippen molar-refractivity contribution in [2.24, 2.45) is 5.10 Å². The summed E-state index contributed by atoms with van der Waals surface area (Å²) in [6.45, 7) is 0. The molecule has 1 aliphatic rings. The van der Waals surface area contributed by atoms with Crippen LogP contribution in [-0.2, 0) is 0 Å². The maximum atomic E-state index is 5.40. The van der Waals surface area contributed by atoms with Crippen molar-refractivity contribution in [2.75, 3.05) is 12.9 Å². The number of furan rings is 1. The highest BCUT2D eigenvalue weighted by Gasteiger charge is 2.22. The molecule has 22 heavy (non-hydrogen) atoms. The predicted octanol–water partition coefficient (Wildman–Crippen LogP) is 2.90. The Kier molecular flexibility index (Phi) is 3.19. The normalized spacial score (nSPS) is 13.6. The van der Waals surface area contributed by atoms with Gasteiger partial charge in [0, 0.05) is 11.3 Å². The Hall–Kier alpha value is -2.54. The molecule has 0 saturated heterocycles. The SMILES string of the molecule is COc1cccc(C2=Nn3c(nnc3-c3ccco3)SC2)c1. The van der Waals surface area contributed by atoms with E-state index < -0.39 is 0 Å². The zero-order chi connectivity index (χ0) is 14.9. The lowest BCUT2D eigenvalue weighted by Gasteiger charge is -2.13. The summed E-state index contributed by atoms with van der Waals surface area (Å²) >= 11 is 1.60. The highest BCUT2D eigenvalue weighted by atomic mass is 32.2. The third-order valence-electron chi connectivity index (χ3n) is 3.32. The van der Waals surface area contributed by atoms with Gasteiger partial charge in [-0.2, -0.15) is 9.78 Å². The van der Waals surface area contributed by atoms with E-state index in [2.05, 4.69) is 15.3 Å². The summed E-state index contributed by atoms with van der Waals surface area (Å²) in [7, 11) is 1.66. The molecule has 0 atom stereocenters. The van der Waals surface area contributed by atoms with Gasteiger partial charge in [-0.15, -0.1) is 10.2 Å². The molecule has 2 aromatic heterocycles. The highest BCUT2D eigenvalue weighted by molar-refractivity contribution is 7.99. The molecule has 0 fully saturated rings. The number of fused-ring (bicyclic) bond motifs is 1. The molecule has 0 spiro atoms. The summed E-state index contributed by atoms with van der Waals surface area (Å²) in [5.74, 6) is 2.80. The maximum Gasteiger partial charge on any atom is 0.221 e. The van der Waals surface area contributed by atoms with Crippen molar-refractivity contribution in [2.45, 2.75) is 5.16 Å². The first-order valence-electron chi connectivity index (χ1n) is 6.69. The summed E-state index contributed by atoms with van der Waals surface area (Å²) < 4.78 is 12.4.